The average molecular weight is 570 g/mol. The normalized spacial score (nSPS) is 17.6. The van der Waals surface area contributed by atoms with Crippen LogP contribution in [-0.4, -0.2) is 81.3 Å². The lowest BCUT2D eigenvalue weighted by atomic mass is 10.1. The van der Waals surface area contributed by atoms with Crippen LogP contribution in [0.5, 0.6) is 23.0 Å². The Morgan fingerprint density at radius 1 is 0.763 bits per heavy atom. The lowest BCUT2D eigenvalue weighted by molar-refractivity contribution is 0.282. The van der Waals surface area contributed by atoms with E-state index in [1.165, 1.54) is 26.4 Å². The standard InChI is InChI=1S/C27H39NO8S2/c1-6-28(16-13-21-9-11-23(33-2)25(19-21)35-4)15-7-14-27(37(29,30)17-8-18-38(27,31)32)22-10-12-24(34-3)26(20-22)36-5/h9-12,19-20H,6-8,13-18H2,1-5H3. The molecule has 0 amide bonds. The highest BCUT2D eigenvalue weighted by Gasteiger charge is 2.57. The summed E-state index contributed by atoms with van der Waals surface area (Å²) >= 11 is 0. The number of hydrogen-bond donors (Lipinski definition) is 0. The van der Waals surface area contributed by atoms with Crippen molar-refractivity contribution in [3.05, 3.63) is 47.5 Å². The number of rotatable bonds is 13. The molecular formula is C27H39NO8S2. The number of benzene rings is 2. The van der Waals surface area contributed by atoms with Crippen molar-refractivity contribution in [2.24, 2.45) is 0 Å². The van der Waals surface area contributed by atoms with Crippen LogP contribution in [0.15, 0.2) is 36.4 Å². The van der Waals surface area contributed by atoms with E-state index in [0.717, 1.165) is 25.1 Å². The van der Waals surface area contributed by atoms with Crippen molar-refractivity contribution in [3.8, 4) is 23.0 Å². The molecule has 1 aliphatic rings. The lowest BCUT2D eigenvalue weighted by Gasteiger charge is -2.37. The second-order valence-electron chi connectivity index (χ2n) is 9.29. The van der Waals surface area contributed by atoms with E-state index >= 15 is 0 Å². The number of sulfone groups is 2. The van der Waals surface area contributed by atoms with Crippen molar-refractivity contribution in [1.29, 1.82) is 0 Å². The summed E-state index contributed by atoms with van der Waals surface area (Å²) in [6, 6.07) is 10.4. The molecule has 0 aromatic heterocycles. The molecule has 0 spiro atoms. The Morgan fingerprint density at radius 3 is 1.87 bits per heavy atom. The van der Waals surface area contributed by atoms with Crippen LogP contribution >= 0.6 is 0 Å². The largest absolute Gasteiger partial charge is 0.493 e. The summed E-state index contributed by atoms with van der Waals surface area (Å²) in [6.07, 6.45) is 1.23. The molecule has 3 rings (SSSR count). The molecule has 38 heavy (non-hydrogen) atoms. The fourth-order valence-corrected chi connectivity index (χ4v) is 11.0. The second-order valence-corrected chi connectivity index (χ2v) is 14.2. The van der Waals surface area contributed by atoms with Crippen LogP contribution in [0.2, 0.25) is 0 Å². The van der Waals surface area contributed by atoms with Gasteiger partial charge >= 0.3 is 0 Å². The first-order valence-electron chi connectivity index (χ1n) is 12.7. The van der Waals surface area contributed by atoms with Gasteiger partial charge in [0, 0.05) is 6.54 Å². The summed E-state index contributed by atoms with van der Waals surface area (Å²) in [5, 5.41) is 0. The van der Waals surface area contributed by atoms with Crippen molar-refractivity contribution < 1.29 is 35.8 Å². The second kappa shape index (κ2) is 12.6. The van der Waals surface area contributed by atoms with Crippen LogP contribution in [0.25, 0.3) is 0 Å². The van der Waals surface area contributed by atoms with Crippen molar-refractivity contribution in [2.45, 2.75) is 36.7 Å². The number of methoxy groups -OCH3 is 4. The molecule has 0 unspecified atom stereocenters. The number of nitrogens with zero attached hydrogens (tertiary/aromatic N) is 1. The van der Waals surface area contributed by atoms with Gasteiger partial charge in [-0.15, -0.1) is 0 Å². The Balaban J connectivity index is 1.83. The van der Waals surface area contributed by atoms with E-state index in [9.17, 15) is 16.8 Å². The van der Waals surface area contributed by atoms with Gasteiger partial charge in [0.25, 0.3) is 0 Å². The fraction of sp³-hybridized carbons (Fsp3) is 0.556. The summed E-state index contributed by atoms with van der Waals surface area (Å²) in [5.74, 6) is 1.70. The van der Waals surface area contributed by atoms with Gasteiger partial charge in [0.1, 0.15) is 0 Å². The van der Waals surface area contributed by atoms with E-state index in [0.29, 0.717) is 36.0 Å². The highest BCUT2D eigenvalue weighted by molar-refractivity contribution is 8.10. The molecule has 1 fully saturated rings. The third-order valence-electron chi connectivity index (χ3n) is 7.25. The Hall–Kier alpha value is -2.50. The summed E-state index contributed by atoms with van der Waals surface area (Å²) in [6.45, 7) is 4.07. The fourth-order valence-electron chi connectivity index (χ4n) is 5.14. The van der Waals surface area contributed by atoms with Crippen LogP contribution < -0.4 is 18.9 Å². The van der Waals surface area contributed by atoms with E-state index in [4.69, 9.17) is 18.9 Å². The van der Waals surface area contributed by atoms with Gasteiger partial charge < -0.3 is 23.8 Å². The molecule has 212 valence electrons. The zero-order valence-corrected chi connectivity index (χ0v) is 24.5. The van der Waals surface area contributed by atoms with Crippen LogP contribution in [-0.2, 0) is 30.2 Å². The van der Waals surface area contributed by atoms with Gasteiger partial charge in [0.05, 0.1) is 39.9 Å². The van der Waals surface area contributed by atoms with Gasteiger partial charge in [-0.2, -0.15) is 0 Å². The first-order valence-corrected chi connectivity index (χ1v) is 16.0. The zero-order valence-electron chi connectivity index (χ0n) is 22.9. The van der Waals surface area contributed by atoms with E-state index in [2.05, 4.69) is 4.90 Å². The number of likely N-dealkylation sites (N-methyl/N-ethyl adjacent to an activating group) is 1. The SMILES string of the molecule is CCN(CCCC1(c2ccc(OC)c(OC)c2)S(=O)(=O)CCCS1(=O)=O)CCc1ccc(OC)c(OC)c1. The zero-order chi connectivity index (χ0) is 28.0. The van der Waals surface area contributed by atoms with Crippen molar-refractivity contribution >= 4 is 19.7 Å². The molecule has 2 aromatic rings. The average Bonchev–Trinajstić information content (AvgIpc) is 2.91. The maximum absolute atomic E-state index is 13.6. The summed E-state index contributed by atoms with van der Waals surface area (Å²) in [5.41, 5.74) is 1.29. The molecule has 0 bridgehead atoms. The van der Waals surface area contributed by atoms with E-state index in [1.807, 2.05) is 25.1 Å². The van der Waals surface area contributed by atoms with Crippen LogP contribution in [0.1, 0.15) is 37.3 Å². The van der Waals surface area contributed by atoms with Gasteiger partial charge in [0.2, 0.25) is 0 Å². The van der Waals surface area contributed by atoms with E-state index in [1.54, 1.807) is 20.3 Å². The van der Waals surface area contributed by atoms with Gasteiger partial charge in [-0.3, -0.25) is 0 Å². The summed E-state index contributed by atoms with van der Waals surface area (Å²) < 4.78 is 73.6. The monoisotopic (exact) mass is 569 g/mol. The lowest BCUT2D eigenvalue weighted by Crippen LogP contribution is -2.50. The van der Waals surface area contributed by atoms with Gasteiger partial charge in [-0.25, -0.2) is 16.8 Å². The topological polar surface area (TPSA) is 108 Å². The van der Waals surface area contributed by atoms with Crippen LogP contribution in [0.4, 0.5) is 0 Å². The molecule has 0 saturated carbocycles. The van der Waals surface area contributed by atoms with Gasteiger partial charge in [-0.1, -0.05) is 19.1 Å². The molecule has 11 heteroatoms. The van der Waals surface area contributed by atoms with Crippen molar-refractivity contribution in [3.63, 3.8) is 0 Å². The quantitative estimate of drug-likeness (QED) is 0.358. The minimum absolute atomic E-state index is 0.0278. The Kier molecular flexibility index (Phi) is 9.94. The third-order valence-corrected chi connectivity index (χ3v) is 13.3. The number of hydrogen-bond acceptors (Lipinski definition) is 9. The summed E-state index contributed by atoms with van der Waals surface area (Å²) in [4.78, 5) is 2.20. The molecule has 9 nitrogen and oxygen atoms in total. The minimum Gasteiger partial charge on any atom is -0.493 e. The molecule has 0 atom stereocenters. The minimum atomic E-state index is -3.99. The summed E-state index contributed by atoms with van der Waals surface area (Å²) in [7, 11) is -1.88. The molecule has 1 saturated heterocycles. The Bertz CT molecular complexity index is 1270. The smallest absolute Gasteiger partial charge is 0.198 e. The van der Waals surface area contributed by atoms with Gasteiger partial charge in [0.15, 0.2) is 46.8 Å². The van der Waals surface area contributed by atoms with Crippen molar-refractivity contribution in [1.82, 2.24) is 4.90 Å². The van der Waals surface area contributed by atoms with E-state index in [-0.39, 0.29) is 29.9 Å². The predicted octanol–water partition coefficient (Wildman–Crippen LogP) is 3.45. The Morgan fingerprint density at radius 2 is 1.32 bits per heavy atom. The first-order chi connectivity index (χ1) is 18.1. The first kappa shape index (κ1) is 30.0. The maximum atomic E-state index is 13.6. The van der Waals surface area contributed by atoms with Crippen LogP contribution in [0, 0.1) is 0 Å². The van der Waals surface area contributed by atoms with E-state index < -0.39 is 23.8 Å². The Labute approximate surface area is 226 Å². The highest BCUT2D eigenvalue weighted by atomic mass is 32.3. The predicted molar refractivity (Wildman–Crippen MR) is 148 cm³/mol. The molecule has 2 aromatic carbocycles. The number of ether oxygens (including phenoxy) is 4. The highest BCUT2D eigenvalue weighted by Crippen LogP contribution is 2.47. The van der Waals surface area contributed by atoms with Crippen molar-refractivity contribution in [2.75, 3.05) is 59.6 Å². The maximum Gasteiger partial charge on any atom is 0.198 e. The molecule has 0 N–H and O–H groups in total. The molecule has 0 radical (unpaired) electrons. The molecule has 1 heterocycles. The molecular weight excluding hydrogens is 530 g/mol. The van der Waals surface area contributed by atoms with Gasteiger partial charge in [-0.05, 0) is 74.2 Å². The van der Waals surface area contributed by atoms with Crippen LogP contribution in [0.3, 0.4) is 0 Å². The third kappa shape index (κ3) is 5.89. The molecule has 1 aliphatic heterocycles. The molecule has 0 aliphatic carbocycles.